The second-order valence-electron chi connectivity index (χ2n) is 2.81. The summed E-state index contributed by atoms with van der Waals surface area (Å²) >= 11 is 17.2. The van der Waals surface area contributed by atoms with E-state index in [2.05, 4.69) is 11.3 Å². The molecule has 0 bridgehead atoms. The monoisotopic (exact) mass is 299 g/mol. The van der Waals surface area contributed by atoms with Gasteiger partial charge in [-0.3, -0.25) is 0 Å². The summed E-state index contributed by atoms with van der Waals surface area (Å²) in [7, 11) is -3.69. The highest BCUT2D eigenvalue weighted by Crippen LogP contribution is 2.34. The lowest BCUT2D eigenvalue weighted by Crippen LogP contribution is -2.24. The lowest BCUT2D eigenvalue weighted by molar-refractivity contribution is 0.585. The first-order chi connectivity index (χ1) is 7.40. The van der Waals surface area contributed by atoms with Gasteiger partial charge in [0.25, 0.3) is 0 Å². The van der Waals surface area contributed by atoms with Crippen LogP contribution in [0.15, 0.2) is 29.7 Å². The van der Waals surface area contributed by atoms with Crippen molar-refractivity contribution in [3.05, 3.63) is 39.9 Å². The highest BCUT2D eigenvalue weighted by atomic mass is 35.5. The van der Waals surface area contributed by atoms with Gasteiger partial charge >= 0.3 is 0 Å². The number of hydrogen-bond acceptors (Lipinski definition) is 2. The Hall–Kier alpha value is -0.260. The van der Waals surface area contributed by atoms with Crippen molar-refractivity contribution < 1.29 is 8.42 Å². The molecule has 1 aromatic rings. The summed E-state index contributed by atoms with van der Waals surface area (Å²) in [6.45, 7) is 3.51. The summed E-state index contributed by atoms with van der Waals surface area (Å²) in [5.41, 5.74) is 0. The Kier molecular flexibility index (Phi) is 4.64. The number of rotatable bonds is 4. The Morgan fingerprint density at radius 3 is 2.44 bits per heavy atom. The van der Waals surface area contributed by atoms with Crippen molar-refractivity contribution in [1.29, 1.82) is 0 Å². The zero-order valence-electron chi connectivity index (χ0n) is 8.00. The van der Waals surface area contributed by atoms with E-state index in [9.17, 15) is 8.42 Å². The van der Waals surface area contributed by atoms with Crippen LogP contribution in [0.4, 0.5) is 0 Å². The van der Waals surface area contributed by atoms with Crippen molar-refractivity contribution in [3.63, 3.8) is 0 Å². The standard InChI is InChI=1S/C9H8Cl3NO2S/c1-2-5-13-16(14,15)7-4-3-6(10)8(11)9(7)12/h2-4,13H,1,5H2. The normalized spacial score (nSPS) is 11.4. The van der Waals surface area contributed by atoms with Crippen LogP contribution in [0.3, 0.4) is 0 Å². The van der Waals surface area contributed by atoms with Crippen LogP contribution in [0.2, 0.25) is 15.1 Å². The van der Waals surface area contributed by atoms with Crippen LogP contribution in [0, 0.1) is 0 Å². The molecule has 0 saturated carbocycles. The van der Waals surface area contributed by atoms with E-state index in [0.717, 1.165) is 0 Å². The van der Waals surface area contributed by atoms with Gasteiger partial charge in [-0.2, -0.15) is 0 Å². The van der Waals surface area contributed by atoms with Gasteiger partial charge in [-0.15, -0.1) is 6.58 Å². The molecule has 0 aliphatic rings. The first-order valence-corrected chi connectivity index (χ1v) is 6.76. The molecule has 0 amide bonds. The van der Waals surface area contributed by atoms with Crippen molar-refractivity contribution in [2.24, 2.45) is 0 Å². The molecule has 0 heterocycles. The Bertz CT molecular complexity index is 514. The topological polar surface area (TPSA) is 46.2 Å². The van der Waals surface area contributed by atoms with E-state index in [-0.39, 0.29) is 26.5 Å². The Balaban J connectivity index is 3.24. The predicted octanol–water partition coefficient (Wildman–Crippen LogP) is 3.11. The third-order valence-electron chi connectivity index (χ3n) is 1.71. The lowest BCUT2D eigenvalue weighted by atomic mass is 10.4. The maximum Gasteiger partial charge on any atom is 0.242 e. The van der Waals surface area contributed by atoms with Gasteiger partial charge in [-0.05, 0) is 12.1 Å². The van der Waals surface area contributed by atoms with Crippen LogP contribution < -0.4 is 4.72 Å². The minimum Gasteiger partial charge on any atom is -0.207 e. The zero-order chi connectivity index (χ0) is 12.3. The first kappa shape index (κ1) is 13.8. The zero-order valence-corrected chi connectivity index (χ0v) is 11.1. The molecule has 0 radical (unpaired) electrons. The molecule has 0 aliphatic heterocycles. The molecule has 0 aromatic heterocycles. The average Bonchev–Trinajstić information content (AvgIpc) is 2.23. The van der Waals surface area contributed by atoms with Gasteiger partial charge in [-0.25, -0.2) is 13.1 Å². The molecule has 1 rings (SSSR count). The second kappa shape index (κ2) is 5.38. The van der Waals surface area contributed by atoms with Crippen LogP contribution in [-0.2, 0) is 10.0 Å². The van der Waals surface area contributed by atoms with Gasteiger partial charge in [0.1, 0.15) is 4.90 Å². The maximum absolute atomic E-state index is 11.7. The summed E-state index contributed by atoms with van der Waals surface area (Å²) < 4.78 is 25.7. The van der Waals surface area contributed by atoms with Crippen molar-refractivity contribution in [1.82, 2.24) is 4.72 Å². The molecule has 3 nitrogen and oxygen atoms in total. The van der Waals surface area contributed by atoms with Gasteiger partial charge in [0.05, 0.1) is 15.1 Å². The van der Waals surface area contributed by atoms with Crippen molar-refractivity contribution >= 4 is 44.8 Å². The van der Waals surface area contributed by atoms with Crippen LogP contribution in [0.25, 0.3) is 0 Å². The second-order valence-corrected chi connectivity index (χ2v) is 5.71. The van der Waals surface area contributed by atoms with Gasteiger partial charge in [-0.1, -0.05) is 40.9 Å². The fourth-order valence-corrected chi connectivity index (χ4v) is 2.94. The summed E-state index contributed by atoms with van der Waals surface area (Å²) in [5, 5.41) is 0.130. The van der Waals surface area contributed by atoms with E-state index < -0.39 is 10.0 Å². The average molecular weight is 301 g/mol. The molecule has 88 valence electrons. The molecule has 0 spiro atoms. The molecule has 0 unspecified atom stereocenters. The van der Waals surface area contributed by atoms with Crippen LogP contribution >= 0.6 is 34.8 Å². The number of benzene rings is 1. The summed E-state index contributed by atoms with van der Waals surface area (Å²) in [5.74, 6) is 0. The van der Waals surface area contributed by atoms with E-state index in [1.807, 2.05) is 0 Å². The van der Waals surface area contributed by atoms with E-state index in [0.29, 0.717) is 0 Å². The number of nitrogens with one attached hydrogen (secondary N) is 1. The lowest BCUT2D eigenvalue weighted by Gasteiger charge is -2.08. The molecule has 0 saturated heterocycles. The Morgan fingerprint density at radius 1 is 1.25 bits per heavy atom. The molecule has 1 N–H and O–H groups in total. The van der Waals surface area contributed by atoms with E-state index in [1.165, 1.54) is 18.2 Å². The molecule has 1 aromatic carbocycles. The number of sulfonamides is 1. The third-order valence-corrected chi connectivity index (χ3v) is 4.58. The number of halogens is 3. The van der Waals surface area contributed by atoms with Crippen molar-refractivity contribution in [2.75, 3.05) is 6.54 Å². The number of hydrogen-bond donors (Lipinski definition) is 1. The van der Waals surface area contributed by atoms with Crippen molar-refractivity contribution in [3.8, 4) is 0 Å². The Labute approximate surface area is 109 Å². The van der Waals surface area contributed by atoms with E-state index in [4.69, 9.17) is 34.8 Å². The SMILES string of the molecule is C=CCNS(=O)(=O)c1ccc(Cl)c(Cl)c1Cl. The summed E-state index contributed by atoms with van der Waals surface area (Å²) in [6, 6.07) is 2.67. The van der Waals surface area contributed by atoms with Gasteiger partial charge in [0.15, 0.2) is 0 Å². The molecular formula is C9H8Cl3NO2S. The van der Waals surface area contributed by atoms with Crippen LogP contribution in [0.5, 0.6) is 0 Å². The first-order valence-electron chi connectivity index (χ1n) is 4.14. The van der Waals surface area contributed by atoms with E-state index >= 15 is 0 Å². The minimum atomic E-state index is -3.69. The fraction of sp³-hybridized carbons (Fsp3) is 0.111. The quantitative estimate of drug-likeness (QED) is 0.686. The predicted molar refractivity (Wildman–Crippen MR) is 66.9 cm³/mol. The van der Waals surface area contributed by atoms with Crippen LogP contribution in [0.1, 0.15) is 0 Å². The molecule has 0 atom stereocenters. The molecule has 0 fully saturated rings. The summed E-state index contributed by atoms with van der Waals surface area (Å²) in [4.78, 5) is -0.106. The van der Waals surface area contributed by atoms with E-state index in [1.54, 1.807) is 0 Å². The fourth-order valence-electron chi connectivity index (χ4n) is 0.962. The smallest absolute Gasteiger partial charge is 0.207 e. The molecule has 7 heteroatoms. The minimum absolute atomic E-state index is 0.0183. The molecular weight excluding hydrogens is 293 g/mol. The summed E-state index contributed by atoms with van der Waals surface area (Å²) in [6.07, 6.45) is 1.42. The largest absolute Gasteiger partial charge is 0.242 e. The Morgan fingerprint density at radius 2 is 1.88 bits per heavy atom. The van der Waals surface area contributed by atoms with Gasteiger partial charge < -0.3 is 0 Å². The third kappa shape index (κ3) is 2.90. The highest BCUT2D eigenvalue weighted by Gasteiger charge is 2.20. The van der Waals surface area contributed by atoms with Crippen LogP contribution in [-0.4, -0.2) is 15.0 Å². The molecule has 0 aliphatic carbocycles. The molecule has 16 heavy (non-hydrogen) atoms. The van der Waals surface area contributed by atoms with Gasteiger partial charge in [0.2, 0.25) is 10.0 Å². The highest BCUT2D eigenvalue weighted by molar-refractivity contribution is 7.89. The maximum atomic E-state index is 11.7. The van der Waals surface area contributed by atoms with Gasteiger partial charge in [0, 0.05) is 6.54 Å². The van der Waals surface area contributed by atoms with Crippen molar-refractivity contribution in [2.45, 2.75) is 4.90 Å².